The summed E-state index contributed by atoms with van der Waals surface area (Å²) in [4.78, 5) is 14.1. The third-order valence-electron chi connectivity index (χ3n) is 5.35. The number of benzene rings is 3. The number of thiazole rings is 1. The SMILES string of the molecule is CCCc1c(OCCCCOc2cccc(-c3sc(=O)[nH]c3O)c2)cccc1Oc1ccccc1. The minimum Gasteiger partial charge on any atom is -0.494 e. The monoisotopic (exact) mass is 491 g/mol. The summed E-state index contributed by atoms with van der Waals surface area (Å²) in [5, 5.41) is 9.88. The Hall–Kier alpha value is -3.71. The fraction of sp³-hybridized carbons (Fsp3) is 0.250. The highest BCUT2D eigenvalue weighted by Gasteiger charge is 2.12. The fourth-order valence-corrected chi connectivity index (χ4v) is 4.43. The predicted octanol–water partition coefficient (Wildman–Crippen LogP) is 6.79. The number of aromatic amines is 1. The van der Waals surface area contributed by atoms with E-state index in [4.69, 9.17) is 14.2 Å². The molecule has 0 bridgehead atoms. The van der Waals surface area contributed by atoms with Crippen LogP contribution >= 0.6 is 11.3 Å². The zero-order chi connectivity index (χ0) is 24.5. The molecule has 4 aromatic rings. The van der Waals surface area contributed by atoms with E-state index in [2.05, 4.69) is 11.9 Å². The van der Waals surface area contributed by atoms with Gasteiger partial charge in [-0.2, -0.15) is 0 Å². The molecule has 1 heterocycles. The van der Waals surface area contributed by atoms with E-state index in [-0.39, 0.29) is 10.8 Å². The second kappa shape index (κ2) is 12.1. The standard InChI is InChI=1S/C28H29NO5S/c1-2-10-23-24(15-9-16-25(23)34-21-12-4-3-5-13-21)33-18-7-6-17-32-22-14-8-11-20(19-22)26-27(30)29-28(31)35-26/h3-5,8-9,11-16,19,30H,2,6-7,10,17-18H2,1H3,(H,29,31). The number of para-hydroxylation sites is 1. The van der Waals surface area contributed by atoms with E-state index in [0.717, 1.165) is 65.4 Å². The van der Waals surface area contributed by atoms with E-state index in [0.29, 0.717) is 23.8 Å². The maximum absolute atomic E-state index is 11.5. The van der Waals surface area contributed by atoms with E-state index in [9.17, 15) is 9.90 Å². The molecule has 2 N–H and O–H groups in total. The van der Waals surface area contributed by atoms with Crippen LogP contribution in [-0.4, -0.2) is 23.3 Å². The normalized spacial score (nSPS) is 10.8. The lowest BCUT2D eigenvalue weighted by molar-refractivity contribution is 0.264. The number of rotatable bonds is 12. The highest BCUT2D eigenvalue weighted by molar-refractivity contribution is 7.13. The molecule has 0 fully saturated rings. The highest BCUT2D eigenvalue weighted by Crippen LogP contribution is 2.34. The van der Waals surface area contributed by atoms with Crippen LogP contribution in [0.3, 0.4) is 0 Å². The number of aromatic hydroxyl groups is 1. The summed E-state index contributed by atoms with van der Waals surface area (Å²) >= 11 is 0.973. The minimum absolute atomic E-state index is 0.116. The number of ether oxygens (including phenoxy) is 3. The first-order valence-corrected chi connectivity index (χ1v) is 12.6. The van der Waals surface area contributed by atoms with Gasteiger partial charge in [-0.05, 0) is 55.7 Å². The van der Waals surface area contributed by atoms with Crippen LogP contribution < -0.4 is 19.1 Å². The molecular formula is C28H29NO5S. The zero-order valence-electron chi connectivity index (χ0n) is 19.7. The third kappa shape index (κ3) is 6.67. The number of unbranched alkanes of at least 4 members (excludes halogenated alkanes) is 1. The van der Waals surface area contributed by atoms with Gasteiger partial charge in [0.05, 0.1) is 18.1 Å². The molecule has 0 atom stereocenters. The van der Waals surface area contributed by atoms with Gasteiger partial charge < -0.3 is 19.3 Å². The van der Waals surface area contributed by atoms with E-state index >= 15 is 0 Å². The van der Waals surface area contributed by atoms with Gasteiger partial charge in [-0.3, -0.25) is 9.78 Å². The van der Waals surface area contributed by atoms with Gasteiger partial charge in [0.15, 0.2) is 0 Å². The highest BCUT2D eigenvalue weighted by atomic mass is 32.1. The molecule has 0 spiro atoms. The van der Waals surface area contributed by atoms with Crippen LogP contribution in [0, 0.1) is 0 Å². The number of hydrogen-bond donors (Lipinski definition) is 2. The number of hydrogen-bond acceptors (Lipinski definition) is 6. The molecule has 182 valence electrons. The second-order valence-electron chi connectivity index (χ2n) is 8.02. The van der Waals surface area contributed by atoms with Gasteiger partial charge in [-0.1, -0.05) is 61.1 Å². The van der Waals surface area contributed by atoms with Crippen molar-refractivity contribution < 1.29 is 19.3 Å². The summed E-state index contributed by atoms with van der Waals surface area (Å²) in [5.74, 6) is 3.08. The molecule has 0 amide bonds. The molecule has 1 aromatic heterocycles. The average molecular weight is 492 g/mol. The van der Waals surface area contributed by atoms with Crippen molar-refractivity contribution in [3.8, 4) is 39.3 Å². The summed E-state index contributed by atoms with van der Waals surface area (Å²) in [7, 11) is 0. The Kier molecular flexibility index (Phi) is 8.46. The molecule has 0 aliphatic heterocycles. The Balaban J connectivity index is 1.28. The molecule has 0 saturated heterocycles. The minimum atomic E-state index is -0.289. The van der Waals surface area contributed by atoms with E-state index in [1.54, 1.807) is 0 Å². The predicted molar refractivity (Wildman–Crippen MR) is 139 cm³/mol. The average Bonchev–Trinajstić information content (AvgIpc) is 3.21. The van der Waals surface area contributed by atoms with Crippen LogP contribution in [0.2, 0.25) is 0 Å². The van der Waals surface area contributed by atoms with E-state index in [1.807, 2.05) is 72.8 Å². The Labute approximate surface area is 208 Å². The van der Waals surface area contributed by atoms with Gasteiger partial charge in [-0.25, -0.2) is 0 Å². The van der Waals surface area contributed by atoms with Gasteiger partial charge in [-0.15, -0.1) is 0 Å². The smallest absolute Gasteiger partial charge is 0.307 e. The van der Waals surface area contributed by atoms with Gasteiger partial charge in [0.25, 0.3) is 0 Å². The fourth-order valence-electron chi connectivity index (χ4n) is 3.71. The lowest BCUT2D eigenvalue weighted by Crippen LogP contribution is -2.04. The summed E-state index contributed by atoms with van der Waals surface area (Å²) in [6.07, 6.45) is 3.55. The molecule has 4 rings (SSSR count). The van der Waals surface area contributed by atoms with E-state index < -0.39 is 0 Å². The van der Waals surface area contributed by atoms with Gasteiger partial charge >= 0.3 is 4.87 Å². The molecule has 0 unspecified atom stereocenters. The van der Waals surface area contributed by atoms with Crippen LogP contribution in [0.4, 0.5) is 0 Å². The van der Waals surface area contributed by atoms with Crippen molar-refractivity contribution >= 4 is 11.3 Å². The second-order valence-corrected chi connectivity index (χ2v) is 9.01. The van der Waals surface area contributed by atoms with Gasteiger partial charge in [0, 0.05) is 11.1 Å². The van der Waals surface area contributed by atoms with Crippen molar-refractivity contribution in [1.82, 2.24) is 4.98 Å². The number of H-pyrrole nitrogens is 1. The Morgan fingerprint density at radius 2 is 1.57 bits per heavy atom. The Morgan fingerprint density at radius 3 is 2.31 bits per heavy atom. The van der Waals surface area contributed by atoms with Crippen molar-refractivity contribution in [2.75, 3.05) is 13.2 Å². The van der Waals surface area contributed by atoms with Gasteiger partial charge in [0.1, 0.15) is 23.0 Å². The molecule has 0 aliphatic rings. The van der Waals surface area contributed by atoms with Crippen molar-refractivity contribution in [2.45, 2.75) is 32.6 Å². The van der Waals surface area contributed by atoms with Crippen LogP contribution in [0.1, 0.15) is 31.7 Å². The lowest BCUT2D eigenvalue weighted by Gasteiger charge is -2.16. The summed E-state index contributed by atoms with van der Waals surface area (Å²) < 4.78 is 18.1. The van der Waals surface area contributed by atoms with Crippen molar-refractivity contribution in [1.29, 1.82) is 0 Å². The first-order chi connectivity index (χ1) is 17.1. The molecule has 35 heavy (non-hydrogen) atoms. The van der Waals surface area contributed by atoms with Crippen LogP contribution in [0.15, 0.2) is 77.6 Å². The summed E-state index contributed by atoms with van der Waals surface area (Å²) in [6, 6.07) is 23.1. The molecule has 7 heteroatoms. The Morgan fingerprint density at radius 1 is 0.857 bits per heavy atom. The largest absolute Gasteiger partial charge is 0.494 e. The van der Waals surface area contributed by atoms with Crippen molar-refractivity contribution in [2.24, 2.45) is 0 Å². The van der Waals surface area contributed by atoms with Crippen LogP contribution in [-0.2, 0) is 6.42 Å². The maximum Gasteiger partial charge on any atom is 0.307 e. The van der Waals surface area contributed by atoms with Crippen LogP contribution in [0.25, 0.3) is 10.4 Å². The number of nitrogens with one attached hydrogen (secondary N) is 1. The lowest BCUT2D eigenvalue weighted by atomic mass is 10.1. The van der Waals surface area contributed by atoms with E-state index in [1.165, 1.54) is 0 Å². The molecule has 0 radical (unpaired) electrons. The maximum atomic E-state index is 11.5. The topological polar surface area (TPSA) is 80.8 Å². The third-order valence-corrected chi connectivity index (χ3v) is 6.27. The summed E-state index contributed by atoms with van der Waals surface area (Å²) in [6.45, 7) is 3.27. The van der Waals surface area contributed by atoms with Crippen molar-refractivity contribution in [3.05, 3.63) is 88.0 Å². The molecule has 0 saturated carbocycles. The van der Waals surface area contributed by atoms with Gasteiger partial charge in [0.2, 0.25) is 5.88 Å². The first-order valence-electron chi connectivity index (χ1n) is 11.8. The first kappa shape index (κ1) is 24.4. The summed E-state index contributed by atoms with van der Waals surface area (Å²) in [5.41, 5.74) is 1.83. The van der Waals surface area contributed by atoms with Crippen LogP contribution in [0.5, 0.6) is 28.9 Å². The number of aromatic nitrogens is 1. The molecule has 6 nitrogen and oxygen atoms in total. The molecule has 0 aliphatic carbocycles. The zero-order valence-corrected chi connectivity index (χ0v) is 20.5. The van der Waals surface area contributed by atoms with Crippen molar-refractivity contribution in [3.63, 3.8) is 0 Å². The quantitative estimate of drug-likeness (QED) is 0.213. The Bertz CT molecular complexity index is 1280. The molecule has 3 aromatic carbocycles. The molecular weight excluding hydrogens is 462 g/mol.